The van der Waals surface area contributed by atoms with Crippen LogP contribution in [0.3, 0.4) is 0 Å². The van der Waals surface area contributed by atoms with Crippen molar-refractivity contribution in [3.8, 4) is 0 Å². The molecule has 0 bridgehead atoms. The predicted octanol–water partition coefficient (Wildman–Crippen LogP) is 4.88. The predicted molar refractivity (Wildman–Crippen MR) is 107 cm³/mol. The first-order valence-electron chi connectivity index (χ1n) is 8.11. The Kier molecular flexibility index (Phi) is 5.81. The standard InChI is InChI=1S/C21H17BrN2O2/c22-17-7-4-8-19(14-17)24-21(26)16-9-11-18(12-10-16)23-20(25)13-15-5-2-1-3-6-15/h1-12,14H,13H2,(H,23,25)(H,24,26). The number of halogens is 1. The first kappa shape index (κ1) is 17.9. The van der Waals surface area contributed by atoms with Crippen LogP contribution in [0.1, 0.15) is 15.9 Å². The van der Waals surface area contributed by atoms with Gasteiger partial charge in [0, 0.05) is 21.4 Å². The van der Waals surface area contributed by atoms with Crippen molar-refractivity contribution in [1.82, 2.24) is 0 Å². The minimum Gasteiger partial charge on any atom is -0.326 e. The van der Waals surface area contributed by atoms with E-state index in [1.54, 1.807) is 24.3 Å². The number of anilines is 2. The van der Waals surface area contributed by atoms with Crippen LogP contribution in [-0.4, -0.2) is 11.8 Å². The van der Waals surface area contributed by atoms with Gasteiger partial charge in [-0.3, -0.25) is 9.59 Å². The third-order valence-corrected chi connectivity index (χ3v) is 4.21. The lowest BCUT2D eigenvalue weighted by Crippen LogP contribution is -2.15. The van der Waals surface area contributed by atoms with Crippen molar-refractivity contribution in [3.05, 3.63) is 94.5 Å². The van der Waals surface area contributed by atoms with E-state index >= 15 is 0 Å². The van der Waals surface area contributed by atoms with E-state index in [1.807, 2.05) is 54.6 Å². The normalized spacial score (nSPS) is 10.2. The molecule has 0 saturated carbocycles. The Balaban J connectivity index is 1.59. The fourth-order valence-corrected chi connectivity index (χ4v) is 2.86. The number of carbonyl (C=O) groups is 2. The SMILES string of the molecule is O=C(Cc1ccccc1)Nc1ccc(C(=O)Nc2cccc(Br)c2)cc1. The lowest BCUT2D eigenvalue weighted by Gasteiger charge is -2.08. The number of hydrogen-bond acceptors (Lipinski definition) is 2. The number of benzene rings is 3. The van der Waals surface area contributed by atoms with Gasteiger partial charge in [-0.15, -0.1) is 0 Å². The molecular weight excluding hydrogens is 392 g/mol. The van der Waals surface area contributed by atoms with Crippen molar-refractivity contribution in [3.63, 3.8) is 0 Å². The Morgan fingerprint density at radius 3 is 2.19 bits per heavy atom. The summed E-state index contributed by atoms with van der Waals surface area (Å²) in [5, 5.41) is 5.67. The lowest BCUT2D eigenvalue weighted by molar-refractivity contribution is -0.115. The average Bonchev–Trinajstić information content (AvgIpc) is 2.63. The van der Waals surface area contributed by atoms with E-state index in [1.165, 1.54) is 0 Å². The first-order chi connectivity index (χ1) is 12.6. The van der Waals surface area contributed by atoms with Gasteiger partial charge in [0.1, 0.15) is 0 Å². The van der Waals surface area contributed by atoms with Gasteiger partial charge in [0.2, 0.25) is 5.91 Å². The van der Waals surface area contributed by atoms with Gasteiger partial charge in [0.15, 0.2) is 0 Å². The molecule has 0 aliphatic rings. The molecule has 2 amide bonds. The van der Waals surface area contributed by atoms with Crippen LogP contribution in [-0.2, 0) is 11.2 Å². The Hall–Kier alpha value is -2.92. The minimum absolute atomic E-state index is 0.0949. The molecule has 4 nitrogen and oxygen atoms in total. The maximum atomic E-state index is 12.3. The number of nitrogens with one attached hydrogen (secondary N) is 2. The molecule has 130 valence electrons. The van der Waals surface area contributed by atoms with Gasteiger partial charge in [-0.1, -0.05) is 52.3 Å². The molecule has 3 rings (SSSR count). The van der Waals surface area contributed by atoms with E-state index in [-0.39, 0.29) is 11.8 Å². The van der Waals surface area contributed by atoms with Crippen LogP contribution >= 0.6 is 15.9 Å². The highest BCUT2D eigenvalue weighted by Gasteiger charge is 2.08. The van der Waals surface area contributed by atoms with Crippen molar-refractivity contribution < 1.29 is 9.59 Å². The van der Waals surface area contributed by atoms with Crippen molar-refractivity contribution in [2.45, 2.75) is 6.42 Å². The van der Waals surface area contributed by atoms with Crippen molar-refractivity contribution in [1.29, 1.82) is 0 Å². The number of amides is 2. The molecule has 0 aromatic heterocycles. The summed E-state index contributed by atoms with van der Waals surface area (Å²) in [6.07, 6.45) is 0.311. The van der Waals surface area contributed by atoms with Crippen molar-refractivity contribution in [2.24, 2.45) is 0 Å². The molecule has 0 unspecified atom stereocenters. The molecule has 0 spiro atoms. The fourth-order valence-electron chi connectivity index (χ4n) is 2.46. The van der Waals surface area contributed by atoms with Crippen LogP contribution in [0.15, 0.2) is 83.3 Å². The van der Waals surface area contributed by atoms with Crippen LogP contribution in [0.5, 0.6) is 0 Å². The maximum Gasteiger partial charge on any atom is 0.255 e. The monoisotopic (exact) mass is 408 g/mol. The van der Waals surface area contributed by atoms with Gasteiger partial charge in [-0.05, 0) is 48.0 Å². The zero-order chi connectivity index (χ0) is 18.4. The number of hydrogen-bond donors (Lipinski definition) is 2. The molecule has 2 N–H and O–H groups in total. The molecule has 0 radical (unpaired) electrons. The molecule has 0 atom stereocenters. The largest absolute Gasteiger partial charge is 0.326 e. The zero-order valence-corrected chi connectivity index (χ0v) is 15.5. The van der Waals surface area contributed by atoms with Gasteiger partial charge in [-0.2, -0.15) is 0 Å². The van der Waals surface area contributed by atoms with Crippen LogP contribution in [0.25, 0.3) is 0 Å². The number of carbonyl (C=O) groups excluding carboxylic acids is 2. The highest BCUT2D eigenvalue weighted by atomic mass is 79.9. The van der Waals surface area contributed by atoms with E-state index in [4.69, 9.17) is 0 Å². The molecule has 0 fully saturated rings. The number of rotatable bonds is 5. The molecule has 0 saturated heterocycles. The molecule has 0 heterocycles. The Morgan fingerprint density at radius 2 is 1.50 bits per heavy atom. The van der Waals surface area contributed by atoms with E-state index in [2.05, 4.69) is 26.6 Å². The summed E-state index contributed by atoms with van der Waals surface area (Å²) in [5.41, 5.74) is 2.84. The first-order valence-corrected chi connectivity index (χ1v) is 8.90. The molecule has 26 heavy (non-hydrogen) atoms. The van der Waals surface area contributed by atoms with Crippen LogP contribution in [0.2, 0.25) is 0 Å². The quantitative estimate of drug-likeness (QED) is 0.631. The Labute approximate surface area is 160 Å². The molecule has 3 aromatic carbocycles. The fraction of sp³-hybridized carbons (Fsp3) is 0.0476. The molecule has 0 aliphatic heterocycles. The van der Waals surface area contributed by atoms with Gasteiger partial charge in [-0.25, -0.2) is 0 Å². The third-order valence-electron chi connectivity index (χ3n) is 3.72. The second-order valence-corrected chi connectivity index (χ2v) is 6.67. The molecule has 3 aromatic rings. The smallest absolute Gasteiger partial charge is 0.255 e. The van der Waals surface area contributed by atoms with Crippen molar-refractivity contribution >= 4 is 39.1 Å². The van der Waals surface area contributed by atoms with Crippen LogP contribution in [0, 0.1) is 0 Å². The van der Waals surface area contributed by atoms with Crippen LogP contribution in [0.4, 0.5) is 11.4 Å². The van der Waals surface area contributed by atoms with Gasteiger partial charge >= 0.3 is 0 Å². The highest BCUT2D eigenvalue weighted by molar-refractivity contribution is 9.10. The highest BCUT2D eigenvalue weighted by Crippen LogP contribution is 2.17. The van der Waals surface area contributed by atoms with Gasteiger partial charge < -0.3 is 10.6 Å². The van der Waals surface area contributed by atoms with E-state index in [0.717, 1.165) is 10.0 Å². The van der Waals surface area contributed by atoms with E-state index in [9.17, 15) is 9.59 Å². The second-order valence-electron chi connectivity index (χ2n) is 5.75. The summed E-state index contributed by atoms with van der Waals surface area (Å²) in [7, 11) is 0. The van der Waals surface area contributed by atoms with E-state index < -0.39 is 0 Å². The van der Waals surface area contributed by atoms with Gasteiger partial charge in [0.25, 0.3) is 5.91 Å². The lowest BCUT2D eigenvalue weighted by atomic mass is 10.1. The summed E-state index contributed by atoms with van der Waals surface area (Å²) in [6.45, 7) is 0. The Bertz CT molecular complexity index is 909. The summed E-state index contributed by atoms with van der Waals surface area (Å²) < 4.78 is 0.895. The molecule has 0 aliphatic carbocycles. The zero-order valence-electron chi connectivity index (χ0n) is 13.9. The molecule has 5 heteroatoms. The summed E-state index contributed by atoms with van der Waals surface area (Å²) in [6, 6.07) is 23.8. The van der Waals surface area contributed by atoms with Crippen molar-refractivity contribution in [2.75, 3.05) is 10.6 Å². The average molecular weight is 409 g/mol. The topological polar surface area (TPSA) is 58.2 Å². The van der Waals surface area contributed by atoms with E-state index in [0.29, 0.717) is 23.4 Å². The Morgan fingerprint density at radius 1 is 0.769 bits per heavy atom. The summed E-state index contributed by atoms with van der Waals surface area (Å²) in [5.74, 6) is -0.298. The van der Waals surface area contributed by atoms with Gasteiger partial charge in [0.05, 0.1) is 6.42 Å². The molecular formula is C21H17BrN2O2. The van der Waals surface area contributed by atoms with Crippen LogP contribution < -0.4 is 10.6 Å². The summed E-state index contributed by atoms with van der Waals surface area (Å²) >= 11 is 3.37. The third kappa shape index (κ3) is 5.04. The second kappa shape index (κ2) is 8.45. The maximum absolute atomic E-state index is 12.3. The minimum atomic E-state index is -0.203. The summed E-state index contributed by atoms with van der Waals surface area (Å²) in [4.78, 5) is 24.4.